The van der Waals surface area contributed by atoms with Gasteiger partial charge in [0.25, 0.3) is 0 Å². The Kier molecular flexibility index (Phi) is 5.65. The van der Waals surface area contributed by atoms with Crippen LogP contribution in [0.4, 0.5) is 13.2 Å². The Morgan fingerprint density at radius 1 is 1.26 bits per heavy atom. The number of hydrogen-bond donors (Lipinski definition) is 2. The second kappa shape index (κ2) is 6.79. The summed E-state index contributed by atoms with van der Waals surface area (Å²) in [6.45, 7) is 0.640. The third-order valence-electron chi connectivity index (χ3n) is 2.34. The molecule has 1 aromatic rings. The largest absolute Gasteiger partial charge is 0.491 e. The number of rotatable bonds is 6. The quantitative estimate of drug-likeness (QED) is 0.594. The number of hydrogen-bond acceptors (Lipinski definition) is 4. The predicted molar refractivity (Wildman–Crippen MR) is 63.2 cm³/mol. The van der Waals surface area contributed by atoms with Gasteiger partial charge in [0.1, 0.15) is 12.4 Å². The van der Waals surface area contributed by atoms with Crippen LogP contribution in [0.3, 0.4) is 0 Å². The molecule has 8 heteroatoms. The van der Waals surface area contributed by atoms with Crippen LogP contribution in [-0.4, -0.2) is 42.7 Å². The van der Waals surface area contributed by atoms with E-state index in [9.17, 15) is 13.2 Å². The minimum Gasteiger partial charge on any atom is -0.491 e. The average Bonchev–Trinajstić information content (AvgIpc) is 2.33. The third kappa shape index (κ3) is 5.50. The molecule has 0 radical (unpaired) electrons. The predicted octanol–water partition coefficient (Wildman–Crippen LogP) is 0.713. The summed E-state index contributed by atoms with van der Waals surface area (Å²) in [5, 5.41) is 17.9. The molecular weight excluding hydrogens is 264 g/mol. The molecule has 0 heterocycles. The molecule has 4 nitrogen and oxygen atoms in total. The first kappa shape index (κ1) is 15.8. The Hall–Kier alpha value is -1.25. The van der Waals surface area contributed by atoms with Crippen molar-refractivity contribution >= 4 is 12.6 Å². The summed E-state index contributed by atoms with van der Waals surface area (Å²) in [6, 6.07) is 5.97. The fraction of sp³-hybridized carbons (Fsp3) is 0.455. The maximum atomic E-state index is 12.1. The molecule has 1 unspecified atom stereocenters. The molecular formula is C11H14BF3O4. The first-order valence-electron chi connectivity index (χ1n) is 5.58. The molecule has 0 aliphatic rings. The van der Waals surface area contributed by atoms with Crippen molar-refractivity contribution in [2.75, 3.05) is 13.2 Å². The van der Waals surface area contributed by atoms with Crippen LogP contribution in [0, 0.1) is 0 Å². The first-order valence-corrected chi connectivity index (χ1v) is 5.58. The smallest absolute Gasteiger partial charge is 0.488 e. The molecule has 0 fully saturated rings. The summed E-state index contributed by atoms with van der Waals surface area (Å²) >= 11 is 0. The lowest BCUT2D eigenvalue weighted by Crippen LogP contribution is -2.30. The highest BCUT2D eigenvalue weighted by atomic mass is 19.4. The molecule has 2 N–H and O–H groups in total. The summed E-state index contributed by atoms with van der Waals surface area (Å²) in [4.78, 5) is 0. The van der Waals surface area contributed by atoms with E-state index in [1.165, 1.54) is 12.1 Å². The van der Waals surface area contributed by atoms with Crippen molar-refractivity contribution in [3.63, 3.8) is 0 Å². The Bertz CT molecular complexity index is 398. The normalized spacial score (nSPS) is 13.2. The van der Waals surface area contributed by atoms with Crippen LogP contribution in [-0.2, 0) is 4.74 Å². The minimum atomic E-state index is -4.39. The molecule has 19 heavy (non-hydrogen) atoms. The summed E-state index contributed by atoms with van der Waals surface area (Å²) < 4.78 is 46.1. The van der Waals surface area contributed by atoms with Crippen LogP contribution < -0.4 is 10.2 Å². The second-order valence-corrected chi connectivity index (χ2v) is 3.85. The molecule has 1 atom stereocenters. The van der Waals surface area contributed by atoms with Gasteiger partial charge in [-0.1, -0.05) is 12.1 Å². The highest BCUT2D eigenvalue weighted by Gasteiger charge is 2.36. The van der Waals surface area contributed by atoms with Gasteiger partial charge < -0.3 is 19.5 Å². The van der Waals surface area contributed by atoms with Crippen molar-refractivity contribution in [1.82, 2.24) is 0 Å². The summed E-state index contributed by atoms with van der Waals surface area (Å²) in [6.07, 6.45) is -6.23. The van der Waals surface area contributed by atoms with Gasteiger partial charge in [-0.2, -0.15) is 13.2 Å². The van der Waals surface area contributed by atoms with Gasteiger partial charge in [0, 0.05) is 0 Å². The minimum absolute atomic E-state index is 0.0641. The topological polar surface area (TPSA) is 58.9 Å². The summed E-state index contributed by atoms with van der Waals surface area (Å²) in [7, 11) is -1.62. The van der Waals surface area contributed by atoms with Gasteiger partial charge in [0.2, 0.25) is 0 Å². The highest BCUT2D eigenvalue weighted by Crippen LogP contribution is 2.22. The second-order valence-electron chi connectivity index (χ2n) is 3.85. The molecule has 0 spiro atoms. The monoisotopic (exact) mass is 278 g/mol. The van der Waals surface area contributed by atoms with Crippen molar-refractivity contribution in [3.05, 3.63) is 24.3 Å². The van der Waals surface area contributed by atoms with E-state index in [4.69, 9.17) is 14.8 Å². The molecule has 0 saturated heterocycles. The van der Waals surface area contributed by atoms with Crippen molar-refractivity contribution in [3.8, 4) is 5.75 Å². The molecule has 1 rings (SSSR count). The maximum absolute atomic E-state index is 12.1. The molecule has 0 amide bonds. The van der Waals surface area contributed by atoms with Crippen molar-refractivity contribution in [1.29, 1.82) is 0 Å². The number of alkyl halides is 3. The fourth-order valence-electron chi connectivity index (χ4n) is 1.24. The number of halogens is 3. The standard InChI is InChI=1S/C11H14BF3O4/c1-8(11(13,14)15)18-5-6-19-10-4-2-3-9(7-10)12(16)17/h2-4,7-8,16-17H,5-6H2,1H3. The van der Waals surface area contributed by atoms with E-state index in [-0.39, 0.29) is 18.7 Å². The molecule has 0 aliphatic heterocycles. The van der Waals surface area contributed by atoms with E-state index in [0.717, 1.165) is 6.92 Å². The van der Waals surface area contributed by atoms with E-state index in [2.05, 4.69) is 4.74 Å². The van der Waals surface area contributed by atoms with Gasteiger partial charge >= 0.3 is 13.3 Å². The number of ether oxygens (including phenoxy) is 2. The van der Waals surface area contributed by atoms with E-state index in [1.54, 1.807) is 12.1 Å². The molecule has 0 saturated carbocycles. The summed E-state index contributed by atoms with van der Waals surface area (Å²) in [5.74, 6) is 0.328. The molecule has 106 valence electrons. The zero-order valence-corrected chi connectivity index (χ0v) is 10.2. The van der Waals surface area contributed by atoms with Gasteiger partial charge in [0.05, 0.1) is 6.61 Å². The Morgan fingerprint density at radius 2 is 1.95 bits per heavy atom. The Balaban J connectivity index is 2.36. The maximum Gasteiger partial charge on any atom is 0.488 e. The Labute approximate surface area is 108 Å². The zero-order valence-electron chi connectivity index (χ0n) is 10.2. The highest BCUT2D eigenvalue weighted by molar-refractivity contribution is 6.58. The molecule has 0 aliphatic carbocycles. The molecule has 0 aromatic heterocycles. The van der Waals surface area contributed by atoms with Crippen LogP contribution in [0.1, 0.15) is 6.92 Å². The zero-order chi connectivity index (χ0) is 14.5. The molecule has 0 bridgehead atoms. The van der Waals surface area contributed by atoms with Gasteiger partial charge in [-0.25, -0.2) is 0 Å². The van der Waals surface area contributed by atoms with Gasteiger partial charge in [-0.05, 0) is 24.5 Å². The summed E-state index contributed by atoms with van der Waals surface area (Å²) in [5.41, 5.74) is 0.238. The third-order valence-corrected chi connectivity index (χ3v) is 2.34. The van der Waals surface area contributed by atoms with E-state index >= 15 is 0 Å². The van der Waals surface area contributed by atoms with E-state index in [1.807, 2.05) is 0 Å². The lowest BCUT2D eigenvalue weighted by Gasteiger charge is -2.16. The lowest BCUT2D eigenvalue weighted by molar-refractivity contribution is -0.215. The van der Waals surface area contributed by atoms with Crippen LogP contribution in [0.15, 0.2) is 24.3 Å². The SMILES string of the molecule is CC(OCCOc1cccc(B(O)O)c1)C(F)(F)F. The van der Waals surface area contributed by atoms with Gasteiger partial charge in [-0.15, -0.1) is 0 Å². The van der Waals surface area contributed by atoms with Crippen LogP contribution in [0.25, 0.3) is 0 Å². The van der Waals surface area contributed by atoms with Crippen molar-refractivity contribution in [2.24, 2.45) is 0 Å². The van der Waals surface area contributed by atoms with Gasteiger partial charge in [0.15, 0.2) is 6.10 Å². The van der Waals surface area contributed by atoms with Crippen molar-refractivity contribution in [2.45, 2.75) is 19.2 Å². The Morgan fingerprint density at radius 3 is 2.53 bits per heavy atom. The van der Waals surface area contributed by atoms with E-state index in [0.29, 0.717) is 5.75 Å². The van der Waals surface area contributed by atoms with Crippen LogP contribution in [0.2, 0.25) is 0 Å². The first-order chi connectivity index (χ1) is 8.80. The average molecular weight is 278 g/mol. The van der Waals surface area contributed by atoms with Gasteiger partial charge in [-0.3, -0.25) is 0 Å². The van der Waals surface area contributed by atoms with Crippen molar-refractivity contribution < 1.29 is 32.7 Å². The van der Waals surface area contributed by atoms with Crippen LogP contribution >= 0.6 is 0 Å². The molecule has 1 aromatic carbocycles. The van der Waals surface area contributed by atoms with Crippen LogP contribution in [0.5, 0.6) is 5.75 Å². The lowest BCUT2D eigenvalue weighted by atomic mass is 9.80. The number of benzene rings is 1. The van der Waals surface area contributed by atoms with E-state index < -0.39 is 19.4 Å². The fourth-order valence-corrected chi connectivity index (χ4v) is 1.24.